The predicted molar refractivity (Wildman–Crippen MR) is 49.1 cm³/mol. The lowest BCUT2D eigenvalue weighted by atomic mass is 9.98. The molecule has 0 saturated carbocycles. The minimum Gasteiger partial charge on any atom is -0.319 e. The fourth-order valence-corrected chi connectivity index (χ4v) is 1.93. The highest BCUT2D eigenvalue weighted by atomic mass is 19.1. The van der Waals surface area contributed by atoms with Gasteiger partial charge < -0.3 is 10.2 Å². The first-order valence-electron chi connectivity index (χ1n) is 4.79. The van der Waals surface area contributed by atoms with Crippen molar-refractivity contribution in [2.45, 2.75) is 12.8 Å². The van der Waals surface area contributed by atoms with Crippen LogP contribution < -0.4 is 5.32 Å². The van der Waals surface area contributed by atoms with Gasteiger partial charge in [0, 0.05) is 13.1 Å². The Morgan fingerprint density at radius 2 is 2.42 bits per heavy atom. The summed E-state index contributed by atoms with van der Waals surface area (Å²) in [5.41, 5.74) is 0. The van der Waals surface area contributed by atoms with E-state index in [2.05, 4.69) is 10.2 Å². The number of hydrogen-bond acceptors (Lipinski definition) is 2. The quantitative estimate of drug-likeness (QED) is 0.681. The third-order valence-electron chi connectivity index (χ3n) is 2.50. The zero-order chi connectivity index (χ0) is 8.81. The molecule has 1 saturated heterocycles. The zero-order valence-electron chi connectivity index (χ0n) is 7.85. The first-order chi connectivity index (χ1) is 5.86. The molecule has 1 aliphatic rings. The molecule has 3 heteroatoms. The maximum Gasteiger partial charge on any atom is 0.102 e. The average Bonchev–Trinajstić information content (AvgIpc) is 2.06. The molecule has 1 fully saturated rings. The van der Waals surface area contributed by atoms with Gasteiger partial charge in [0.05, 0.1) is 0 Å². The van der Waals surface area contributed by atoms with E-state index in [4.69, 9.17) is 0 Å². The molecule has 0 bridgehead atoms. The van der Waals surface area contributed by atoms with Gasteiger partial charge in [0.25, 0.3) is 0 Å². The van der Waals surface area contributed by atoms with Gasteiger partial charge in [-0.2, -0.15) is 0 Å². The number of rotatable bonds is 4. The maximum atomic E-state index is 12.0. The van der Waals surface area contributed by atoms with Gasteiger partial charge in [0.2, 0.25) is 0 Å². The number of halogens is 1. The molecule has 1 N–H and O–H groups in total. The van der Waals surface area contributed by atoms with Gasteiger partial charge in [-0.1, -0.05) is 0 Å². The van der Waals surface area contributed by atoms with Crippen LogP contribution in [0.15, 0.2) is 0 Å². The molecule has 0 aromatic rings. The van der Waals surface area contributed by atoms with Crippen molar-refractivity contribution >= 4 is 0 Å². The van der Waals surface area contributed by atoms with Crippen LogP contribution in [0.5, 0.6) is 0 Å². The summed E-state index contributed by atoms with van der Waals surface area (Å²) in [5.74, 6) is 0.732. The SMILES string of the molecule is CNCC1CCCN(CCF)C1. The molecule has 0 spiro atoms. The van der Waals surface area contributed by atoms with Crippen LogP contribution >= 0.6 is 0 Å². The van der Waals surface area contributed by atoms with Gasteiger partial charge in [-0.05, 0) is 38.9 Å². The molecule has 0 aromatic heterocycles. The van der Waals surface area contributed by atoms with Crippen LogP contribution in [0, 0.1) is 5.92 Å². The van der Waals surface area contributed by atoms with E-state index < -0.39 is 0 Å². The number of hydrogen-bond donors (Lipinski definition) is 1. The third kappa shape index (κ3) is 3.07. The van der Waals surface area contributed by atoms with E-state index in [9.17, 15) is 4.39 Å². The molecule has 1 rings (SSSR count). The molecular formula is C9H19FN2. The lowest BCUT2D eigenvalue weighted by molar-refractivity contribution is 0.163. The fraction of sp³-hybridized carbons (Fsp3) is 1.00. The number of nitrogens with one attached hydrogen (secondary N) is 1. The average molecular weight is 174 g/mol. The Bertz CT molecular complexity index is 103. The third-order valence-corrected chi connectivity index (χ3v) is 2.50. The van der Waals surface area contributed by atoms with E-state index in [1.807, 2.05) is 7.05 Å². The summed E-state index contributed by atoms with van der Waals surface area (Å²) in [5, 5.41) is 3.18. The van der Waals surface area contributed by atoms with Crippen molar-refractivity contribution in [2.24, 2.45) is 5.92 Å². The van der Waals surface area contributed by atoms with Gasteiger partial charge in [-0.3, -0.25) is 0 Å². The van der Waals surface area contributed by atoms with E-state index >= 15 is 0 Å². The highest BCUT2D eigenvalue weighted by molar-refractivity contribution is 4.73. The van der Waals surface area contributed by atoms with E-state index in [1.165, 1.54) is 12.8 Å². The summed E-state index contributed by atoms with van der Waals surface area (Å²) in [4.78, 5) is 2.23. The van der Waals surface area contributed by atoms with Gasteiger partial charge in [-0.15, -0.1) is 0 Å². The molecule has 1 aliphatic heterocycles. The number of alkyl halides is 1. The van der Waals surface area contributed by atoms with Crippen LogP contribution in [0.3, 0.4) is 0 Å². The molecule has 72 valence electrons. The normalized spacial score (nSPS) is 26.0. The number of nitrogens with zero attached hydrogens (tertiary/aromatic N) is 1. The summed E-state index contributed by atoms with van der Waals surface area (Å²) < 4.78 is 12.0. The van der Waals surface area contributed by atoms with Crippen LogP contribution in [0.25, 0.3) is 0 Å². The Hall–Kier alpha value is -0.150. The molecule has 12 heavy (non-hydrogen) atoms. The standard InChI is InChI=1S/C9H19FN2/c1-11-7-9-3-2-5-12(8-9)6-4-10/h9,11H,2-8H2,1H3. The van der Waals surface area contributed by atoms with Crippen LogP contribution in [0.1, 0.15) is 12.8 Å². The van der Waals surface area contributed by atoms with Gasteiger partial charge in [0.1, 0.15) is 6.67 Å². The molecule has 0 amide bonds. The Kier molecular flexibility index (Phi) is 4.54. The summed E-state index contributed by atoms with van der Waals surface area (Å²) in [6.07, 6.45) is 2.52. The Morgan fingerprint density at radius 1 is 1.58 bits per heavy atom. The van der Waals surface area contributed by atoms with E-state index in [0.29, 0.717) is 6.54 Å². The summed E-state index contributed by atoms with van der Waals surface area (Å²) in [6.45, 7) is 3.66. The summed E-state index contributed by atoms with van der Waals surface area (Å²) in [6, 6.07) is 0. The second-order valence-corrected chi connectivity index (χ2v) is 3.56. The van der Waals surface area contributed by atoms with Crippen molar-refractivity contribution < 1.29 is 4.39 Å². The fourth-order valence-electron chi connectivity index (χ4n) is 1.93. The molecule has 2 nitrogen and oxygen atoms in total. The highest BCUT2D eigenvalue weighted by Crippen LogP contribution is 2.14. The van der Waals surface area contributed by atoms with Crippen LogP contribution in [0.4, 0.5) is 4.39 Å². The second-order valence-electron chi connectivity index (χ2n) is 3.56. The first kappa shape index (κ1) is 9.93. The highest BCUT2D eigenvalue weighted by Gasteiger charge is 2.18. The Balaban J connectivity index is 2.20. The second kappa shape index (κ2) is 5.49. The predicted octanol–water partition coefficient (Wildman–Crippen LogP) is 0.887. The molecular weight excluding hydrogens is 155 g/mol. The van der Waals surface area contributed by atoms with Gasteiger partial charge >= 0.3 is 0 Å². The van der Waals surface area contributed by atoms with E-state index in [0.717, 1.165) is 25.6 Å². The lowest BCUT2D eigenvalue weighted by Gasteiger charge is -2.31. The minimum atomic E-state index is -0.202. The van der Waals surface area contributed by atoms with Crippen molar-refractivity contribution in [2.75, 3.05) is 39.9 Å². The molecule has 1 atom stereocenters. The molecule has 1 heterocycles. The molecule has 1 unspecified atom stereocenters. The number of piperidine rings is 1. The van der Waals surface area contributed by atoms with Crippen molar-refractivity contribution in [3.63, 3.8) is 0 Å². The molecule has 0 radical (unpaired) electrons. The van der Waals surface area contributed by atoms with E-state index in [-0.39, 0.29) is 6.67 Å². The smallest absolute Gasteiger partial charge is 0.102 e. The van der Waals surface area contributed by atoms with E-state index in [1.54, 1.807) is 0 Å². The van der Waals surface area contributed by atoms with Crippen LogP contribution in [-0.2, 0) is 0 Å². The van der Waals surface area contributed by atoms with Crippen molar-refractivity contribution in [1.29, 1.82) is 0 Å². The Morgan fingerprint density at radius 3 is 3.08 bits per heavy atom. The van der Waals surface area contributed by atoms with Gasteiger partial charge in [0.15, 0.2) is 0 Å². The molecule has 0 aliphatic carbocycles. The first-order valence-corrected chi connectivity index (χ1v) is 4.79. The van der Waals surface area contributed by atoms with Crippen LogP contribution in [0.2, 0.25) is 0 Å². The van der Waals surface area contributed by atoms with Crippen molar-refractivity contribution in [1.82, 2.24) is 10.2 Å². The number of likely N-dealkylation sites (tertiary alicyclic amines) is 1. The van der Waals surface area contributed by atoms with Crippen molar-refractivity contribution in [3.05, 3.63) is 0 Å². The monoisotopic (exact) mass is 174 g/mol. The lowest BCUT2D eigenvalue weighted by Crippen LogP contribution is -2.39. The summed E-state index contributed by atoms with van der Waals surface area (Å²) in [7, 11) is 1.98. The Labute approximate surface area is 74.1 Å². The molecule has 0 aromatic carbocycles. The summed E-state index contributed by atoms with van der Waals surface area (Å²) >= 11 is 0. The largest absolute Gasteiger partial charge is 0.319 e. The zero-order valence-corrected chi connectivity index (χ0v) is 7.85. The van der Waals surface area contributed by atoms with Crippen LogP contribution in [-0.4, -0.2) is 44.8 Å². The topological polar surface area (TPSA) is 15.3 Å². The van der Waals surface area contributed by atoms with Crippen molar-refractivity contribution in [3.8, 4) is 0 Å². The van der Waals surface area contributed by atoms with Gasteiger partial charge in [-0.25, -0.2) is 4.39 Å². The maximum absolute atomic E-state index is 12.0. The minimum absolute atomic E-state index is 0.202.